The zero-order valence-electron chi connectivity index (χ0n) is 8.11. The van der Waals surface area contributed by atoms with Crippen molar-refractivity contribution in [3.63, 3.8) is 0 Å². The Morgan fingerprint density at radius 2 is 2.08 bits per heavy atom. The van der Waals surface area contributed by atoms with Crippen molar-refractivity contribution in [3.8, 4) is 0 Å². The average Bonchev–Trinajstić information content (AvgIpc) is 2.03. The molecule has 0 spiro atoms. The molecular weight excluding hydrogens is 227 g/mol. The molecule has 0 aliphatic carbocycles. The van der Waals surface area contributed by atoms with Gasteiger partial charge in [0, 0.05) is 13.7 Å². The summed E-state index contributed by atoms with van der Waals surface area (Å²) in [7, 11) is 1.54. The van der Waals surface area contributed by atoms with Gasteiger partial charge in [-0.2, -0.15) is 0 Å². The van der Waals surface area contributed by atoms with E-state index in [0.29, 0.717) is 19.3 Å². The first-order chi connectivity index (χ1) is 5.98. The van der Waals surface area contributed by atoms with Crippen LogP contribution in [-0.4, -0.2) is 27.3 Å². The van der Waals surface area contributed by atoms with Crippen molar-refractivity contribution in [2.75, 3.05) is 20.3 Å². The molecule has 2 nitrogen and oxygen atoms in total. The van der Waals surface area contributed by atoms with E-state index in [1.807, 2.05) is 6.92 Å². The van der Waals surface area contributed by atoms with Gasteiger partial charge in [0.2, 0.25) is 0 Å². The molecule has 0 aromatic rings. The maximum atomic E-state index is 5.87. The monoisotopic (exact) mass is 242 g/mol. The lowest BCUT2D eigenvalue weighted by atomic mass is 10.4. The molecular formula is C8H16Cl2O2Si. The number of hydrogen-bond donors (Lipinski definition) is 0. The van der Waals surface area contributed by atoms with Crippen LogP contribution in [0.2, 0.25) is 6.04 Å². The lowest BCUT2D eigenvalue weighted by Gasteiger charge is -2.13. The zero-order chi connectivity index (χ0) is 10.3. The highest BCUT2D eigenvalue weighted by Gasteiger charge is 2.27. The summed E-state index contributed by atoms with van der Waals surface area (Å²) in [5, 5.41) is 0. The van der Waals surface area contributed by atoms with E-state index in [1.54, 1.807) is 7.11 Å². The molecule has 0 amide bonds. The van der Waals surface area contributed by atoms with Crippen LogP contribution in [-0.2, 0) is 9.16 Å². The maximum Gasteiger partial charge on any atom is 0.389 e. The van der Waals surface area contributed by atoms with Gasteiger partial charge in [0.1, 0.15) is 0 Å². The summed E-state index contributed by atoms with van der Waals surface area (Å²) in [6.07, 6.45) is 0.834. The fourth-order valence-electron chi connectivity index (χ4n) is 0.728. The second-order valence-corrected chi connectivity index (χ2v) is 9.38. The average molecular weight is 243 g/mol. The van der Waals surface area contributed by atoms with E-state index in [2.05, 4.69) is 6.58 Å². The van der Waals surface area contributed by atoms with Gasteiger partial charge >= 0.3 is 6.94 Å². The van der Waals surface area contributed by atoms with Crippen molar-refractivity contribution >= 4 is 29.1 Å². The molecule has 0 bridgehead atoms. The first-order valence-electron chi connectivity index (χ1n) is 4.13. The Morgan fingerprint density at radius 1 is 1.46 bits per heavy atom. The van der Waals surface area contributed by atoms with Gasteiger partial charge < -0.3 is 9.16 Å². The van der Waals surface area contributed by atoms with Crippen LogP contribution >= 0.6 is 22.2 Å². The van der Waals surface area contributed by atoms with Crippen LogP contribution in [0.1, 0.15) is 13.3 Å². The van der Waals surface area contributed by atoms with Crippen molar-refractivity contribution in [2.24, 2.45) is 0 Å². The van der Waals surface area contributed by atoms with Gasteiger partial charge in [-0.3, -0.25) is 0 Å². The molecule has 0 radical (unpaired) electrons. The normalized spacial score (nSPS) is 11.7. The maximum absolute atomic E-state index is 5.87. The molecule has 0 heterocycles. The van der Waals surface area contributed by atoms with E-state index in [4.69, 9.17) is 31.3 Å². The molecule has 13 heavy (non-hydrogen) atoms. The van der Waals surface area contributed by atoms with E-state index in [1.165, 1.54) is 0 Å². The summed E-state index contributed by atoms with van der Waals surface area (Å²) >= 11 is 11.7. The molecule has 5 heteroatoms. The van der Waals surface area contributed by atoms with Gasteiger partial charge in [0.15, 0.2) is 0 Å². The molecule has 0 N–H and O–H groups in total. The Kier molecular flexibility index (Phi) is 7.08. The Labute approximate surface area is 90.4 Å². The van der Waals surface area contributed by atoms with Gasteiger partial charge in [-0.05, 0) is 19.4 Å². The van der Waals surface area contributed by atoms with Crippen molar-refractivity contribution in [3.05, 3.63) is 12.2 Å². The van der Waals surface area contributed by atoms with E-state index in [9.17, 15) is 0 Å². The third-order valence-corrected chi connectivity index (χ3v) is 5.00. The Hall–Kier alpha value is 0.457. The second-order valence-electron chi connectivity index (χ2n) is 2.95. The molecule has 0 rings (SSSR count). The first kappa shape index (κ1) is 13.5. The minimum absolute atomic E-state index is 0.603. The molecule has 0 aromatic heterocycles. The van der Waals surface area contributed by atoms with Crippen molar-refractivity contribution in [1.29, 1.82) is 0 Å². The first-order valence-corrected chi connectivity index (χ1v) is 8.27. The summed E-state index contributed by atoms with van der Waals surface area (Å²) in [5.41, 5.74) is 1.02. The van der Waals surface area contributed by atoms with Crippen molar-refractivity contribution < 1.29 is 9.16 Å². The Balaban J connectivity index is 3.30. The van der Waals surface area contributed by atoms with E-state index >= 15 is 0 Å². The third-order valence-electron chi connectivity index (χ3n) is 1.40. The summed E-state index contributed by atoms with van der Waals surface area (Å²) in [6, 6.07) is 0.697. The smallest absolute Gasteiger partial charge is 0.389 e. The van der Waals surface area contributed by atoms with Gasteiger partial charge in [-0.15, -0.1) is 22.2 Å². The molecule has 0 atom stereocenters. The minimum Gasteiger partial charge on any atom is -0.396 e. The topological polar surface area (TPSA) is 18.5 Å². The van der Waals surface area contributed by atoms with E-state index in [0.717, 1.165) is 12.0 Å². The van der Waals surface area contributed by atoms with Gasteiger partial charge in [-0.1, -0.05) is 12.2 Å². The molecule has 0 saturated carbocycles. The quantitative estimate of drug-likeness (QED) is 0.296. The summed E-state index contributed by atoms with van der Waals surface area (Å²) < 4.78 is 10.2. The van der Waals surface area contributed by atoms with Crippen LogP contribution in [0.15, 0.2) is 12.2 Å². The van der Waals surface area contributed by atoms with Gasteiger partial charge in [-0.25, -0.2) is 0 Å². The standard InChI is InChI=1S/C8H16Cl2O2Si/c1-8(2)7-12-5-4-6-13(9,10)11-3/h1,4-7H2,2-3H3. The SMILES string of the molecule is C=C(C)COCCC[Si](Cl)(Cl)OC. The van der Waals surface area contributed by atoms with Gasteiger partial charge in [0.05, 0.1) is 6.61 Å². The summed E-state index contributed by atoms with van der Waals surface area (Å²) in [6.45, 7) is 4.50. The van der Waals surface area contributed by atoms with Crippen LogP contribution in [0.5, 0.6) is 0 Å². The third kappa shape index (κ3) is 8.78. The zero-order valence-corrected chi connectivity index (χ0v) is 10.6. The highest BCUT2D eigenvalue weighted by atomic mass is 35.7. The van der Waals surface area contributed by atoms with Crippen molar-refractivity contribution in [2.45, 2.75) is 19.4 Å². The largest absolute Gasteiger partial charge is 0.396 e. The highest BCUT2D eigenvalue weighted by Crippen LogP contribution is 2.22. The second kappa shape index (κ2) is 6.84. The lowest BCUT2D eigenvalue weighted by Crippen LogP contribution is -2.22. The predicted octanol–water partition coefficient (Wildman–Crippen LogP) is 3.03. The Morgan fingerprint density at radius 3 is 2.54 bits per heavy atom. The fraction of sp³-hybridized carbons (Fsp3) is 0.750. The van der Waals surface area contributed by atoms with E-state index < -0.39 is 6.94 Å². The van der Waals surface area contributed by atoms with Crippen LogP contribution in [0.3, 0.4) is 0 Å². The molecule has 0 fully saturated rings. The van der Waals surface area contributed by atoms with E-state index in [-0.39, 0.29) is 0 Å². The summed E-state index contributed by atoms with van der Waals surface area (Å²) in [4.78, 5) is 0. The molecule has 78 valence electrons. The predicted molar refractivity (Wildman–Crippen MR) is 59.5 cm³/mol. The molecule has 0 unspecified atom stereocenters. The minimum atomic E-state index is -2.41. The molecule has 0 aromatic carbocycles. The van der Waals surface area contributed by atoms with Crippen LogP contribution in [0, 0.1) is 0 Å². The number of hydrogen-bond acceptors (Lipinski definition) is 2. The van der Waals surface area contributed by atoms with Crippen LogP contribution in [0.4, 0.5) is 0 Å². The highest BCUT2D eigenvalue weighted by molar-refractivity contribution is 7.42. The van der Waals surface area contributed by atoms with Crippen molar-refractivity contribution in [1.82, 2.24) is 0 Å². The fourth-order valence-corrected chi connectivity index (χ4v) is 2.29. The molecule has 0 saturated heterocycles. The van der Waals surface area contributed by atoms with Crippen LogP contribution < -0.4 is 0 Å². The number of ether oxygens (including phenoxy) is 1. The molecule has 0 aliphatic rings. The van der Waals surface area contributed by atoms with Crippen LogP contribution in [0.25, 0.3) is 0 Å². The lowest BCUT2D eigenvalue weighted by molar-refractivity contribution is 0.156. The van der Waals surface area contributed by atoms with Gasteiger partial charge in [0.25, 0.3) is 0 Å². The summed E-state index contributed by atoms with van der Waals surface area (Å²) in [5.74, 6) is 0. The molecule has 0 aliphatic heterocycles. The number of rotatable bonds is 7. The Bertz CT molecular complexity index is 162. The number of halogens is 2.